The Morgan fingerprint density at radius 2 is 1.87 bits per heavy atom. The highest BCUT2D eigenvalue weighted by Gasteiger charge is 2.10. The molecule has 0 aliphatic carbocycles. The predicted molar refractivity (Wildman–Crippen MR) is 132 cm³/mol. The molecule has 0 fully saturated rings. The van der Waals surface area contributed by atoms with Gasteiger partial charge in [0.15, 0.2) is 5.96 Å². The maximum atomic E-state index is 13.2. The van der Waals surface area contributed by atoms with Gasteiger partial charge in [-0.1, -0.05) is 18.2 Å². The van der Waals surface area contributed by atoms with Gasteiger partial charge in [-0.2, -0.15) is 0 Å². The van der Waals surface area contributed by atoms with Crippen LogP contribution in [0.15, 0.2) is 53.5 Å². The van der Waals surface area contributed by atoms with Gasteiger partial charge >= 0.3 is 0 Å². The highest BCUT2D eigenvalue weighted by molar-refractivity contribution is 14.0. The van der Waals surface area contributed by atoms with E-state index in [1.165, 1.54) is 18.2 Å². The monoisotopic (exact) mass is 544 g/mol. The molecule has 1 atom stereocenters. The number of rotatable bonds is 9. The molecule has 9 heteroatoms. The summed E-state index contributed by atoms with van der Waals surface area (Å²) in [5.74, 6) is 0.335. The zero-order valence-electron chi connectivity index (χ0n) is 17.9. The van der Waals surface area contributed by atoms with Crippen molar-refractivity contribution in [3.05, 3.63) is 59.9 Å². The number of benzene rings is 2. The highest BCUT2D eigenvalue weighted by Crippen LogP contribution is 2.18. The first kappa shape index (κ1) is 26.6. The molecular formula is C22H30FIN4O3. The van der Waals surface area contributed by atoms with Gasteiger partial charge in [0, 0.05) is 18.8 Å². The Hall–Kier alpha value is -2.40. The molecule has 2 aromatic rings. The van der Waals surface area contributed by atoms with Crippen LogP contribution >= 0.6 is 24.0 Å². The van der Waals surface area contributed by atoms with Crippen LogP contribution in [0, 0.1) is 5.82 Å². The molecule has 0 saturated carbocycles. The fourth-order valence-corrected chi connectivity index (χ4v) is 2.61. The van der Waals surface area contributed by atoms with E-state index in [4.69, 9.17) is 4.74 Å². The van der Waals surface area contributed by atoms with Crippen molar-refractivity contribution in [1.82, 2.24) is 10.6 Å². The summed E-state index contributed by atoms with van der Waals surface area (Å²) in [5.41, 5.74) is 1.10. The van der Waals surface area contributed by atoms with E-state index in [9.17, 15) is 14.3 Å². The number of aliphatic imine (C=N–C) groups is 1. The van der Waals surface area contributed by atoms with Crippen molar-refractivity contribution in [3.8, 4) is 5.75 Å². The van der Waals surface area contributed by atoms with E-state index in [1.807, 2.05) is 32.9 Å². The summed E-state index contributed by atoms with van der Waals surface area (Å²) in [6, 6.07) is 12.9. The molecule has 4 N–H and O–H groups in total. The largest absolute Gasteiger partial charge is 0.491 e. The van der Waals surface area contributed by atoms with Crippen molar-refractivity contribution in [2.24, 2.45) is 4.99 Å². The molecule has 0 heterocycles. The number of nitrogens with one attached hydrogen (secondary N) is 3. The highest BCUT2D eigenvalue weighted by atomic mass is 127. The molecule has 0 bridgehead atoms. The minimum Gasteiger partial charge on any atom is -0.491 e. The number of amides is 1. The predicted octanol–water partition coefficient (Wildman–Crippen LogP) is 3.46. The van der Waals surface area contributed by atoms with Crippen molar-refractivity contribution in [2.45, 2.75) is 33.0 Å². The third-order valence-electron chi connectivity index (χ3n) is 3.93. The lowest BCUT2D eigenvalue weighted by Gasteiger charge is -2.16. The van der Waals surface area contributed by atoms with Gasteiger partial charge < -0.3 is 25.8 Å². The van der Waals surface area contributed by atoms with Crippen molar-refractivity contribution in [2.75, 3.05) is 25.0 Å². The number of carbonyl (C=O) groups is 1. The van der Waals surface area contributed by atoms with Crippen molar-refractivity contribution < 1.29 is 19.0 Å². The van der Waals surface area contributed by atoms with Gasteiger partial charge in [0.1, 0.15) is 18.1 Å². The Labute approximate surface area is 199 Å². The second kappa shape index (κ2) is 13.8. The van der Waals surface area contributed by atoms with E-state index in [-0.39, 0.29) is 49.1 Å². The fourth-order valence-electron chi connectivity index (χ4n) is 2.61. The Morgan fingerprint density at radius 3 is 2.48 bits per heavy atom. The van der Waals surface area contributed by atoms with Crippen molar-refractivity contribution in [3.63, 3.8) is 0 Å². The Kier molecular flexibility index (Phi) is 11.9. The van der Waals surface area contributed by atoms with Crippen LogP contribution in [0.5, 0.6) is 5.75 Å². The average molecular weight is 544 g/mol. The minimum atomic E-state index is -0.761. The lowest BCUT2D eigenvalue weighted by atomic mass is 10.1. The number of ether oxygens (including phenoxy) is 1. The van der Waals surface area contributed by atoms with Crippen LogP contribution in [0.25, 0.3) is 0 Å². The number of carbonyl (C=O) groups excluding carboxylic acids is 1. The fraction of sp³-hybridized carbons (Fsp3) is 0.364. The van der Waals surface area contributed by atoms with Crippen LogP contribution in [0.4, 0.5) is 10.1 Å². The molecule has 0 aliphatic rings. The number of hydrogen-bond acceptors (Lipinski definition) is 4. The second-order valence-corrected chi connectivity index (χ2v) is 6.89. The topological polar surface area (TPSA) is 95.0 Å². The van der Waals surface area contributed by atoms with Crippen molar-refractivity contribution in [1.29, 1.82) is 0 Å². The summed E-state index contributed by atoms with van der Waals surface area (Å²) in [5, 5.41) is 19.0. The van der Waals surface area contributed by atoms with Crippen LogP contribution in [-0.2, 0) is 4.79 Å². The van der Waals surface area contributed by atoms with Crippen LogP contribution < -0.4 is 20.7 Å². The first-order chi connectivity index (χ1) is 14.4. The van der Waals surface area contributed by atoms with E-state index in [0.717, 1.165) is 11.3 Å². The molecule has 1 amide bonds. The van der Waals surface area contributed by atoms with Crippen molar-refractivity contribution >= 4 is 41.5 Å². The Morgan fingerprint density at radius 1 is 1.16 bits per heavy atom. The number of halogens is 2. The van der Waals surface area contributed by atoms with Gasteiger partial charge in [0.2, 0.25) is 5.91 Å². The van der Waals surface area contributed by atoms with Gasteiger partial charge in [-0.05, 0) is 56.7 Å². The zero-order chi connectivity index (χ0) is 21.9. The summed E-state index contributed by atoms with van der Waals surface area (Å²) in [6.45, 7) is 6.45. The zero-order valence-corrected chi connectivity index (χ0v) is 20.2. The summed E-state index contributed by atoms with van der Waals surface area (Å²) in [4.78, 5) is 16.2. The number of aliphatic hydroxyl groups excluding tert-OH is 1. The standard InChI is InChI=1S/C22H29FN4O3.HI/c1-4-24-22(26-14-21(29)27-18-7-5-6-17(23)12-18)25-13-20(28)16-8-10-19(11-9-16)30-15(2)3;/h5-12,15,20,28H,4,13-14H2,1-3H3,(H,27,29)(H2,24,25,26);1H. The molecule has 0 aromatic heterocycles. The summed E-state index contributed by atoms with van der Waals surface area (Å²) in [7, 11) is 0. The molecule has 0 saturated heterocycles. The van der Waals surface area contributed by atoms with Gasteiger partial charge in [-0.3, -0.25) is 4.79 Å². The van der Waals surface area contributed by atoms with Gasteiger partial charge in [-0.25, -0.2) is 9.38 Å². The van der Waals surface area contributed by atoms with Gasteiger partial charge in [0.05, 0.1) is 12.2 Å². The number of hydrogen-bond donors (Lipinski definition) is 4. The number of guanidine groups is 1. The number of nitrogens with zero attached hydrogens (tertiary/aromatic N) is 1. The van der Waals surface area contributed by atoms with E-state index < -0.39 is 11.9 Å². The minimum absolute atomic E-state index is 0. The molecule has 2 rings (SSSR count). The lowest BCUT2D eigenvalue weighted by Crippen LogP contribution is -2.40. The first-order valence-electron chi connectivity index (χ1n) is 9.89. The average Bonchev–Trinajstić information content (AvgIpc) is 2.70. The molecule has 170 valence electrons. The molecule has 2 aromatic carbocycles. The van der Waals surface area contributed by atoms with E-state index >= 15 is 0 Å². The second-order valence-electron chi connectivity index (χ2n) is 6.89. The normalized spacial score (nSPS) is 12.0. The quantitative estimate of drug-likeness (QED) is 0.221. The van der Waals surface area contributed by atoms with Crippen LogP contribution in [0.1, 0.15) is 32.4 Å². The molecule has 1 unspecified atom stereocenters. The molecule has 7 nitrogen and oxygen atoms in total. The molecule has 0 aliphatic heterocycles. The van der Waals surface area contributed by atoms with E-state index in [0.29, 0.717) is 18.2 Å². The number of anilines is 1. The maximum Gasteiger partial charge on any atom is 0.246 e. The summed E-state index contributed by atoms with van der Waals surface area (Å²) < 4.78 is 18.8. The molecule has 0 radical (unpaired) electrons. The SMILES string of the molecule is CCNC(=NCC(=O)Nc1cccc(F)c1)NCC(O)c1ccc(OC(C)C)cc1.I. The van der Waals surface area contributed by atoms with Gasteiger partial charge in [0.25, 0.3) is 0 Å². The Bertz CT molecular complexity index is 847. The third-order valence-corrected chi connectivity index (χ3v) is 3.93. The van der Waals surface area contributed by atoms with E-state index in [1.54, 1.807) is 18.2 Å². The smallest absolute Gasteiger partial charge is 0.246 e. The molecular weight excluding hydrogens is 514 g/mol. The van der Waals surface area contributed by atoms with Crippen LogP contribution in [0.2, 0.25) is 0 Å². The first-order valence-corrected chi connectivity index (χ1v) is 9.89. The maximum absolute atomic E-state index is 13.2. The number of aliphatic hydroxyl groups is 1. The molecule has 0 spiro atoms. The summed E-state index contributed by atoms with van der Waals surface area (Å²) in [6.07, 6.45) is -0.678. The lowest BCUT2D eigenvalue weighted by molar-refractivity contribution is -0.114. The summed E-state index contributed by atoms with van der Waals surface area (Å²) >= 11 is 0. The van der Waals surface area contributed by atoms with Crippen LogP contribution in [0.3, 0.4) is 0 Å². The Balaban J connectivity index is 0.00000480. The van der Waals surface area contributed by atoms with E-state index in [2.05, 4.69) is 20.9 Å². The third kappa shape index (κ3) is 9.97. The van der Waals surface area contributed by atoms with Gasteiger partial charge in [-0.15, -0.1) is 24.0 Å². The molecule has 31 heavy (non-hydrogen) atoms. The van der Waals surface area contributed by atoms with Crippen LogP contribution in [-0.4, -0.2) is 42.7 Å².